The topological polar surface area (TPSA) is 81.1 Å². The molecular formula is C13H8ClFN6O. The van der Waals surface area contributed by atoms with E-state index in [4.69, 9.17) is 16.8 Å². The lowest BCUT2D eigenvalue weighted by Gasteiger charge is -2.08. The summed E-state index contributed by atoms with van der Waals surface area (Å²) in [7, 11) is 0. The first-order valence-electron chi connectivity index (χ1n) is 6.31. The minimum Gasteiger partial charge on any atom is -0.410 e. The van der Waals surface area contributed by atoms with Gasteiger partial charge in [0.2, 0.25) is 0 Å². The van der Waals surface area contributed by atoms with Gasteiger partial charge < -0.3 is 5.21 Å². The average molecular weight is 319 g/mol. The monoisotopic (exact) mass is 318 g/mol. The lowest BCUT2D eigenvalue weighted by molar-refractivity contribution is 0.320. The summed E-state index contributed by atoms with van der Waals surface area (Å²) >= 11 is 5.89. The van der Waals surface area contributed by atoms with Crippen LogP contribution in [-0.2, 0) is 6.54 Å². The van der Waals surface area contributed by atoms with Gasteiger partial charge in [-0.25, -0.2) is 19.0 Å². The number of nitrogens with zero attached hydrogens (tertiary/aromatic N) is 6. The molecule has 0 saturated carbocycles. The Labute approximate surface area is 128 Å². The first-order chi connectivity index (χ1) is 10.7. The van der Waals surface area contributed by atoms with Crippen LogP contribution in [0.4, 0.5) is 4.39 Å². The zero-order chi connectivity index (χ0) is 15.3. The zero-order valence-electron chi connectivity index (χ0n) is 11.0. The van der Waals surface area contributed by atoms with E-state index in [-0.39, 0.29) is 11.0 Å². The highest BCUT2D eigenvalue weighted by atomic mass is 35.5. The maximum Gasteiger partial charge on any atom is 0.195 e. The van der Waals surface area contributed by atoms with Crippen molar-refractivity contribution in [1.82, 2.24) is 24.3 Å². The van der Waals surface area contributed by atoms with Gasteiger partial charge in [-0.2, -0.15) is 5.10 Å². The molecule has 0 aliphatic carbocycles. The highest BCUT2D eigenvalue weighted by Gasteiger charge is 2.25. The van der Waals surface area contributed by atoms with Gasteiger partial charge in [-0.3, -0.25) is 4.57 Å². The maximum atomic E-state index is 13.6. The molecule has 1 aromatic carbocycles. The first-order valence-corrected chi connectivity index (χ1v) is 6.69. The highest BCUT2D eigenvalue weighted by Crippen LogP contribution is 2.31. The molecule has 1 aliphatic rings. The minimum atomic E-state index is -0.368. The molecule has 9 heteroatoms. The molecule has 0 bridgehead atoms. The van der Waals surface area contributed by atoms with Gasteiger partial charge in [-0.15, -0.1) is 0 Å². The first kappa shape index (κ1) is 13.0. The van der Waals surface area contributed by atoms with Crippen molar-refractivity contribution < 1.29 is 9.60 Å². The molecule has 2 aromatic heterocycles. The van der Waals surface area contributed by atoms with Crippen LogP contribution in [0, 0.1) is 5.82 Å². The number of hydrogen-bond acceptors (Lipinski definition) is 5. The number of rotatable bonds is 1. The molecular weight excluding hydrogens is 311 g/mol. The second-order valence-electron chi connectivity index (χ2n) is 4.70. The van der Waals surface area contributed by atoms with E-state index in [0.29, 0.717) is 35.0 Å². The van der Waals surface area contributed by atoms with Crippen molar-refractivity contribution in [3.05, 3.63) is 48.1 Å². The molecule has 7 nitrogen and oxygen atoms in total. The molecule has 0 unspecified atom stereocenters. The van der Waals surface area contributed by atoms with E-state index in [2.05, 4.69) is 20.2 Å². The quantitative estimate of drug-likeness (QED) is 0.331. The lowest BCUT2D eigenvalue weighted by atomic mass is 10.1. The standard InChI is InChI=1S/C13H8ClFN6O/c14-12(19-22)11-10-4-21-13(16-5-18-21)8-3-7(15)1-2-9(8)20(10)6-17-11/h1-3,5-6,22H,4H2. The molecule has 1 N–H and O–H groups in total. The zero-order valence-corrected chi connectivity index (χ0v) is 11.7. The second-order valence-corrected chi connectivity index (χ2v) is 5.06. The van der Waals surface area contributed by atoms with Crippen molar-refractivity contribution in [2.24, 2.45) is 5.16 Å². The Hall–Kier alpha value is -2.74. The van der Waals surface area contributed by atoms with Crippen LogP contribution < -0.4 is 0 Å². The van der Waals surface area contributed by atoms with Gasteiger partial charge in [0.25, 0.3) is 0 Å². The van der Waals surface area contributed by atoms with E-state index in [9.17, 15) is 4.39 Å². The molecule has 4 rings (SSSR count). The predicted molar refractivity (Wildman–Crippen MR) is 75.8 cm³/mol. The number of oxime groups is 1. The smallest absolute Gasteiger partial charge is 0.195 e. The Morgan fingerprint density at radius 3 is 3.05 bits per heavy atom. The van der Waals surface area contributed by atoms with Gasteiger partial charge in [0.05, 0.1) is 17.9 Å². The van der Waals surface area contributed by atoms with Crippen LogP contribution >= 0.6 is 11.6 Å². The summed E-state index contributed by atoms with van der Waals surface area (Å²) in [6.07, 6.45) is 2.94. The predicted octanol–water partition coefficient (Wildman–Crippen LogP) is 2.01. The van der Waals surface area contributed by atoms with Crippen LogP contribution in [-0.4, -0.2) is 34.7 Å². The Morgan fingerprint density at radius 2 is 2.23 bits per heavy atom. The third-order valence-corrected chi connectivity index (χ3v) is 3.78. The van der Waals surface area contributed by atoms with Crippen LogP contribution in [0.25, 0.3) is 17.1 Å². The fraction of sp³-hybridized carbons (Fsp3) is 0.0769. The van der Waals surface area contributed by atoms with Crippen LogP contribution in [0.3, 0.4) is 0 Å². The van der Waals surface area contributed by atoms with Crippen LogP contribution in [0.15, 0.2) is 36.0 Å². The van der Waals surface area contributed by atoms with Crippen molar-refractivity contribution in [2.45, 2.75) is 6.54 Å². The van der Waals surface area contributed by atoms with E-state index in [1.54, 1.807) is 21.6 Å². The largest absolute Gasteiger partial charge is 0.410 e. The summed E-state index contributed by atoms with van der Waals surface area (Å²) in [6.45, 7) is 0.312. The number of benzene rings is 1. The third-order valence-electron chi connectivity index (χ3n) is 3.52. The summed E-state index contributed by atoms with van der Waals surface area (Å²) in [5.74, 6) is 0.174. The molecule has 3 aromatic rings. The highest BCUT2D eigenvalue weighted by molar-refractivity contribution is 6.69. The summed E-state index contributed by atoms with van der Waals surface area (Å²) in [5.41, 5.74) is 2.30. The average Bonchev–Trinajstić information content (AvgIpc) is 3.12. The van der Waals surface area contributed by atoms with E-state index in [1.807, 2.05) is 0 Å². The van der Waals surface area contributed by atoms with E-state index >= 15 is 0 Å². The normalized spacial score (nSPS) is 13.3. The van der Waals surface area contributed by atoms with Gasteiger partial charge in [0.1, 0.15) is 24.2 Å². The van der Waals surface area contributed by atoms with Crippen LogP contribution in [0.1, 0.15) is 11.4 Å². The number of imidazole rings is 1. The molecule has 110 valence electrons. The lowest BCUT2D eigenvalue weighted by Crippen LogP contribution is -2.08. The number of halogens is 2. The third kappa shape index (κ3) is 1.74. The summed E-state index contributed by atoms with van der Waals surface area (Å²) < 4.78 is 17.0. The summed E-state index contributed by atoms with van der Waals surface area (Å²) in [5, 5.41) is 15.9. The van der Waals surface area contributed by atoms with E-state index < -0.39 is 0 Å². The Kier molecular flexibility index (Phi) is 2.73. The molecule has 22 heavy (non-hydrogen) atoms. The molecule has 0 spiro atoms. The van der Waals surface area contributed by atoms with Gasteiger partial charge in [-0.1, -0.05) is 16.8 Å². The fourth-order valence-corrected chi connectivity index (χ4v) is 2.74. The van der Waals surface area contributed by atoms with Crippen molar-refractivity contribution in [3.63, 3.8) is 0 Å². The van der Waals surface area contributed by atoms with Gasteiger partial charge in [0, 0.05) is 5.56 Å². The molecule has 0 saturated heterocycles. The number of hydrogen-bond donors (Lipinski definition) is 1. The molecule has 0 amide bonds. The van der Waals surface area contributed by atoms with Crippen LogP contribution in [0.2, 0.25) is 0 Å². The SMILES string of the molecule is ON=C(Cl)c1ncn2c1Cn1ncnc1-c1cc(F)ccc1-2. The van der Waals surface area contributed by atoms with Crippen molar-refractivity contribution in [1.29, 1.82) is 0 Å². The van der Waals surface area contributed by atoms with E-state index in [1.165, 1.54) is 18.5 Å². The van der Waals surface area contributed by atoms with Gasteiger partial charge in [0.15, 0.2) is 11.0 Å². The number of aromatic nitrogens is 5. The molecule has 0 fully saturated rings. The van der Waals surface area contributed by atoms with Crippen molar-refractivity contribution in [2.75, 3.05) is 0 Å². The Bertz CT molecular complexity index is 915. The maximum absolute atomic E-state index is 13.6. The molecule has 0 radical (unpaired) electrons. The Morgan fingerprint density at radius 1 is 1.36 bits per heavy atom. The molecule has 0 atom stereocenters. The minimum absolute atomic E-state index is 0.124. The summed E-state index contributed by atoms with van der Waals surface area (Å²) in [4.78, 5) is 8.37. The summed E-state index contributed by atoms with van der Waals surface area (Å²) in [6, 6.07) is 4.39. The van der Waals surface area contributed by atoms with Crippen molar-refractivity contribution in [3.8, 4) is 17.1 Å². The molecule has 3 heterocycles. The second kappa shape index (κ2) is 4.63. The number of fused-ring (bicyclic) bond motifs is 5. The van der Waals surface area contributed by atoms with E-state index in [0.717, 1.165) is 0 Å². The van der Waals surface area contributed by atoms with Gasteiger partial charge >= 0.3 is 0 Å². The van der Waals surface area contributed by atoms with Crippen LogP contribution in [0.5, 0.6) is 0 Å². The molecule has 1 aliphatic heterocycles. The Balaban J connectivity index is 2.06. The van der Waals surface area contributed by atoms with Crippen molar-refractivity contribution >= 4 is 16.8 Å². The van der Waals surface area contributed by atoms with Gasteiger partial charge in [-0.05, 0) is 18.2 Å². The fourth-order valence-electron chi connectivity index (χ4n) is 2.58.